The van der Waals surface area contributed by atoms with Crippen LogP contribution in [0.25, 0.3) is 0 Å². The topological polar surface area (TPSA) is 44.5 Å². The number of nitrogens with two attached hydrogens (primary N) is 1. The molecule has 0 aliphatic rings. The second kappa shape index (κ2) is 7.30. The molecule has 3 heteroatoms. The fourth-order valence-corrected chi connectivity index (χ4v) is 1.64. The predicted molar refractivity (Wildman–Crippen MR) is 70.5 cm³/mol. The van der Waals surface area contributed by atoms with Crippen LogP contribution in [0.3, 0.4) is 0 Å². The van der Waals surface area contributed by atoms with Crippen molar-refractivity contribution in [2.24, 2.45) is 5.73 Å². The normalized spacial score (nSPS) is 10.9. The lowest BCUT2D eigenvalue weighted by Gasteiger charge is -2.13. The second-order valence-electron chi connectivity index (χ2n) is 4.42. The summed E-state index contributed by atoms with van der Waals surface area (Å²) in [4.78, 5) is 0. The SMILES string of the molecule is Cc1ccc(OCCOC(C)C)c(CCN)c1. The molecule has 1 rings (SSSR count). The van der Waals surface area contributed by atoms with Crippen LogP contribution >= 0.6 is 0 Å². The van der Waals surface area contributed by atoms with Gasteiger partial charge in [-0.25, -0.2) is 0 Å². The van der Waals surface area contributed by atoms with E-state index in [4.69, 9.17) is 15.2 Å². The van der Waals surface area contributed by atoms with E-state index in [0.29, 0.717) is 19.8 Å². The van der Waals surface area contributed by atoms with E-state index in [1.54, 1.807) is 0 Å². The van der Waals surface area contributed by atoms with Crippen LogP contribution < -0.4 is 10.5 Å². The van der Waals surface area contributed by atoms with Crippen molar-refractivity contribution >= 4 is 0 Å². The van der Waals surface area contributed by atoms with Gasteiger partial charge < -0.3 is 15.2 Å². The molecule has 0 saturated heterocycles. The molecule has 0 radical (unpaired) electrons. The molecule has 0 bridgehead atoms. The van der Waals surface area contributed by atoms with Crippen LogP contribution in [0.1, 0.15) is 25.0 Å². The summed E-state index contributed by atoms with van der Waals surface area (Å²) in [6.45, 7) is 7.96. The highest BCUT2D eigenvalue weighted by Crippen LogP contribution is 2.20. The lowest BCUT2D eigenvalue weighted by Crippen LogP contribution is -2.12. The number of benzene rings is 1. The highest BCUT2D eigenvalue weighted by molar-refractivity contribution is 5.37. The Morgan fingerprint density at radius 2 is 2.00 bits per heavy atom. The number of hydrogen-bond donors (Lipinski definition) is 1. The summed E-state index contributed by atoms with van der Waals surface area (Å²) in [5, 5.41) is 0. The summed E-state index contributed by atoms with van der Waals surface area (Å²) in [5.41, 5.74) is 8.01. The van der Waals surface area contributed by atoms with Gasteiger partial charge in [0.15, 0.2) is 0 Å². The predicted octanol–water partition coefficient (Wildman–Crippen LogP) is 2.30. The monoisotopic (exact) mass is 237 g/mol. The van der Waals surface area contributed by atoms with Gasteiger partial charge in [-0.1, -0.05) is 17.7 Å². The molecule has 0 aliphatic heterocycles. The number of ether oxygens (including phenoxy) is 2. The minimum Gasteiger partial charge on any atom is -0.491 e. The number of aryl methyl sites for hydroxylation is 1. The van der Waals surface area contributed by atoms with Crippen LogP contribution in [-0.4, -0.2) is 25.9 Å². The van der Waals surface area contributed by atoms with Crippen molar-refractivity contribution in [3.05, 3.63) is 29.3 Å². The zero-order chi connectivity index (χ0) is 12.7. The maximum absolute atomic E-state index is 5.71. The second-order valence-corrected chi connectivity index (χ2v) is 4.42. The van der Waals surface area contributed by atoms with Crippen molar-refractivity contribution in [1.29, 1.82) is 0 Å². The third-order valence-corrected chi connectivity index (χ3v) is 2.42. The Bertz CT molecular complexity index is 337. The summed E-state index contributed by atoms with van der Waals surface area (Å²) in [6.07, 6.45) is 1.10. The molecule has 3 nitrogen and oxygen atoms in total. The Kier molecular flexibility index (Phi) is 6.01. The molecule has 0 atom stereocenters. The fourth-order valence-electron chi connectivity index (χ4n) is 1.64. The van der Waals surface area contributed by atoms with E-state index < -0.39 is 0 Å². The van der Waals surface area contributed by atoms with Gasteiger partial charge in [0.2, 0.25) is 0 Å². The molecule has 0 amide bonds. The molecule has 17 heavy (non-hydrogen) atoms. The fraction of sp³-hybridized carbons (Fsp3) is 0.571. The zero-order valence-corrected chi connectivity index (χ0v) is 11.0. The van der Waals surface area contributed by atoms with Gasteiger partial charge in [0.25, 0.3) is 0 Å². The quantitative estimate of drug-likeness (QED) is 0.740. The molecule has 0 fully saturated rings. The van der Waals surface area contributed by atoms with Crippen molar-refractivity contribution in [3.63, 3.8) is 0 Å². The van der Waals surface area contributed by atoms with Crippen LogP contribution in [0.2, 0.25) is 0 Å². The first kappa shape index (κ1) is 14.0. The van der Waals surface area contributed by atoms with Gasteiger partial charge in [0.05, 0.1) is 12.7 Å². The van der Waals surface area contributed by atoms with E-state index in [9.17, 15) is 0 Å². The van der Waals surface area contributed by atoms with E-state index in [2.05, 4.69) is 19.1 Å². The summed E-state index contributed by atoms with van der Waals surface area (Å²) in [5.74, 6) is 0.924. The van der Waals surface area contributed by atoms with Crippen molar-refractivity contribution < 1.29 is 9.47 Å². The lowest BCUT2D eigenvalue weighted by atomic mass is 10.1. The summed E-state index contributed by atoms with van der Waals surface area (Å²) in [6, 6.07) is 6.19. The van der Waals surface area contributed by atoms with Gasteiger partial charge in [-0.3, -0.25) is 0 Å². The summed E-state index contributed by atoms with van der Waals surface area (Å²) in [7, 11) is 0. The molecule has 0 spiro atoms. The Hall–Kier alpha value is -1.06. The van der Waals surface area contributed by atoms with Crippen molar-refractivity contribution in [2.75, 3.05) is 19.8 Å². The van der Waals surface area contributed by atoms with E-state index in [1.165, 1.54) is 11.1 Å². The zero-order valence-electron chi connectivity index (χ0n) is 11.0. The standard InChI is InChI=1S/C14H23NO2/c1-11(2)16-8-9-17-14-5-4-12(3)10-13(14)6-7-15/h4-5,10-11H,6-9,15H2,1-3H3. The first-order valence-corrected chi connectivity index (χ1v) is 6.17. The van der Waals surface area contributed by atoms with E-state index in [0.717, 1.165) is 12.2 Å². The van der Waals surface area contributed by atoms with Gasteiger partial charge in [0.1, 0.15) is 12.4 Å². The first-order valence-electron chi connectivity index (χ1n) is 6.17. The third-order valence-electron chi connectivity index (χ3n) is 2.42. The Labute approximate surface area is 104 Å². The lowest BCUT2D eigenvalue weighted by molar-refractivity contribution is 0.0551. The molecule has 1 aromatic rings. The van der Waals surface area contributed by atoms with E-state index in [-0.39, 0.29) is 6.10 Å². The van der Waals surface area contributed by atoms with E-state index in [1.807, 2.05) is 19.9 Å². The molecule has 2 N–H and O–H groups in total. The molecular weight excluding hydrogens is 214 g/mol. The number of hydrogen-bond acceptors (Lipinski definition) is 3. The molecule has 96 valence electrons. The van der Waals surface area contributed by atoms with Crippen molar-refractivity contribution in [2.45, 2.75) is 33.3 Å². The molecule has 0 aromatic heterocycles. The molecule has 0 unspecified atom stereocenters. The average Bonchev–Trinajstić information content (AvgIpc) is 2.27. The Morgan fingerprint density at radius 1 is 1.24 bits per heavy atom. The highest BCUT2D eigenvalue weighted by Gasteiger charge is 2.03. The smallest absolute Gasteiger partial charge is 0.122 e. The van der Waals surface area contributed by atoms with Crippen LogP contribution in [-0.2, 0) is 11.2 Å². The van der Waals surface area contributed by atoms with Gasteiger partial charge in [0, 0.05) is 0 Å². The van der Waals surface area contributed by atoms with Crippen LogP contribution in [0, 0.1) is 6.92 Å². The molecule has 0 aliphatic carbocycles. The minimum absolute atomic E-state index is 0.250. The average molecular weight is 237 g/mol. The number of rotatable bonds is 7. The Balaban J connectivity index is 2.51. The van der Waals surface area contributed by atoms with Gasteiger partial charge >= 0.3 is 0 Å². The highest BCUT2D eigenvalue weighted by atomic mass is 16.5. The molecule has 0 saturated carbocycles. The molecule has 0 heterocycles. The van der Waals surface area contributed by atoms with E-state index >= 15 is 0 Å². The van der Waals surface area contributed by atoms with Gasteiger partial charge in [-0.15, -0.1) is 0 Å². The largest absolute Gasteiger partial charge is 0.491 e. The summed E-state index contributed by atoms with van der Waals surface area (Å²) < 4.78 is 11.2. The van der Waals surface area contributed by atoms with Crippen molar-refractivity contribution in [1.82, 2.24) is 0 Å². The van der Waals surface area contributed by atoms with Gasteiger partial charge in [-0.2, -0.15) is 0 Å². The maximum Gasteiger partial charge on any atom is 0.122 e. The van der Waals surface area contributed by atoms with Gasteiger partial charge in [-0.05, 0) is 45.4 Å². The molecular formula is C14H23NO2. The Morgan fingerprint density at radius 3 is 2.65 bits per heavy atom. The summed E-state index contributed by atoms with van der Waals surface area (Å²) >= 11 is 0. The minimum atomic E-state index is 0.250. The maximum atomic E-state index is 5.71. The van der Waals surface area contributed by atoms with Crippen LogP contribution in [0.4, 0.5) is 0 Å². The van der Waals surface area contributed by atoms with Crippen LogP contribution in [0.15, 0.2) is 18.2 Å². The van der Waals surface area contributed by atoms with Crippen molar-refractivity contribution in [3.8, 4) is 5.75 Å². The van der Waals surface area contributed by atoms with Crippen LogP contribution in [0.5, 0.6) is 5.75 Å². The first-order chi connectivity index (χ1) is 8.13. The third kappa shape index (κ3) is 5.20. The molecule has 1 aromatic carbocycles.